The van der Waals surface area contributed by atoms with Crippen LogP contribution in [0.15, 0.2) is 0 Å². The fraction of sp³-hybridized carbons (Fsp3) is 1.00. The lowest BCUT2D eigenvalue weighted by molar-refractivity contribution is 0.170. The highest BCUT2D eigenvalue weighted by atomic mass is 31.2. The summed E-state index contributed by atoms with van der Waals surface area (Å²) < 4.78 is 23.9. The first-order chi connectivity index (χ1) is 9.33. The molecule has 0 spiro atoms. The summed E-state index contributed by atoms with van der Waals surface area (Å²) in [5.41, 5.74) is 0. The fourth-order valence-electron chi connectivity index (χ4n) is 1.69. The summed E-state index contributed by atoms with van der Waals surface area (Å²) in [6, 6.07) is 0.388. The quantitative estimate of drug-likeness (QED) is 0.533. The van der Waals surface area contributed by atoms with Crippen LogP contribution in [0.2, 0.25) is 0 Å². The van der Waals surface area contributed by atoms with Crippen molar-refractivity contribution < 1.29 is 13.6 Å². The molecular formula is C15H34NO3P. The normalized spacial score (nSPS) is 14.2. The van der Waals surface area contributed by atoms with Crippen molar-refractivity contribution in [3.05, 3.63) is 0 Å². The summed E-state index contributed by atoms with van der Waals surface area (Å²) in [4.78, 5) is 0. The molecule has 0 amide bonds. The van der Waals surface area contributed by atoms with Gasteiger partial charge in [0.1, 0.15) is 0 Å². The van der Waals surface area contributed by atoms with Gasteiger partial charge in [0.2, 0.25) is 0 Å². The van der Waals surface area contributed by atoms with Crippen LogP contribution in [-0.4, -0.2) is 25.5 Å². The van der Waals surface area contributed by atoms with Gasteiger partial charge in [-0.25, -0.2) is 0 Å². The summed E-state index contributed by atoms with van der Waals surface area (Å²) >= 11 is 0. The van der Waals surface area contributed by atoms with E-state index in [9.17, 15) is 4.57 Å². The van der Waals surface area contributed by atoms with Crippen LogP contribution in [0.5, 0.6) is 0 Å². The van der Waals surface area contributed by atoms with Crippen molar-refractivity contribution in [3.63, 3.8) is 0 Å². The monoisotopic (exact) mass is 307 g/mol. The van der Waals surface area contributed by atoms with E-state index in [1.165, 1.54) is 0 Å². The zero-order valence-corrected chi connectivity index (χ0v) is 15.0. The first-order valence-electron chi connectivity index (χ1n) is 7.94. The fourth-order valence-corrected chi connectivity index (χ4v) is 3.48. The van der Waals surface area contributed by atoms with Crippen molar-refractivity contribution >= 4 is 7.60 Å². The van der Waals surface area contributed by atoms with Crippen LogP contribution in [0.25, 0.3) is 0 Å². The second-order valence-corrected chi connectivity index (χ2v) is 8.30. The molecule has 0 aromatic heterocycles. The summed E-state index contributed by atoms with van der Waals surface area (Å²) in [7, 11) is -3.03. The van der Waals surface area contributed by atoms with Gasteiger partial charge in [0.25, 0.3) is 0 Å². The van der Waals surface area contributed by atoms with Crippen LogP contribution in [0.1, 0.15) is 60.8 Å². The number of rotatable bonds is 12. The van der Waals surface area contributed by atoms with Crippen molar-refractivity contribution in [2.75, 3.05) is 19.5 Å². The first kappa shape index (κ1) is 20.1. The predicted octanol–water partition coefficient (Wildman–Crippen LogP) is 4.65. The van der Waals surface area contributed by atoms with Gasteiger partial charge in [-0.05, 0) is 24.7 Å². The van der Waals surface area contributed by atoms with E-state index in [0.29, 0.717) is 37.4 Å². The van der Waals surface area contributed by atoms with Crippen LogP contribution < -0.4 is 5.32 Å². The molecule has 122 valence electrons. The van der Waals surface area contributed by atoms with Gasteiger partial charge in [0, 0.05) is 6.04 Å². The van der Waals surface area contributed by atoms with Crippen molar-refractivity contribution in [1.29, 1.82) is 0 Å². The van der Waals surface area contributed by atoms with E-state index in [4.69, 9.17) is 9.05 Å². The molecule has 0 heterocycles. The Hall–Kier alpha value is 0.110. The summed E-state index contributed by atoms with van der Waals surface area (Å²) in [5, 5.41) is 3.35. The van der Waals surface area contributed by atoms with Crippen LogP contribution in [-0.2, 0) is 13.6 Å². The number of hydrogen-bond donors (Lipinski definition) is 1. The van der Waals surface area contributed by atoms with Gasteiger partial charge in [0.05, 0.1) is 19.5 Å². The molecule has 0 aliphatic rings. The smallest absolute Gasteiger partial charge is 0.307 e. The molecule has 1 unspecified atom stereocenters. The SMILES string of the molecule is CCCC(CC)NCP(=O)(OCC(C)C)OCC(C)C. The van der Waals surface area contributed by atoms with E-state index < -0.39 is 7.60 Å². The maximum atomic E-state index is 12.7. The molecule has 20 heavy (non-hydrogen) atoms. The van der Waals surface area contributed by atoms with E-state index in [1.807, 2.05) is 27.7 Å². The molecule has 0 rings (SSSR count). The Kier molecular flexibility index (Phi) is 10.8. The van der Waals surface area contributed by atoms with E-state index in [0.717, 1.165) is 19.3 Å². The Morgan fingerprint density at radius 2 is 1.50 bits per heavy atom. The second kappa shape index (κ2) is 10.8. The van der Waals surface area contributed by atoms with Gasteiger partial charge in [-0.2, -0.15) is 0 Å². The van der Waals surface area contributed by atoms with Gasteiger partial charge in [0.15, 0.2) is 0 Å². The average molecular weight is 307 g/mol. The summed E-state index contributed by atoms with van der Waals surface area (Å²) in [6.45, 7) is 13.4. The van der Waals surface area contributed by atoms with E-state index in [1.54, 1.807) is 0 Å². The van der Waals surface area contributed by atoms with Gasteiger partial charge in [-0.15, -0.1) is 0 Å². The third-order valence-corrected chi connectivity index (χ3v) is 4.57. The van der Waals surface area contributed by atoms with Crippen molar-refractivity contribution in [2.45, 2.75) is 66.8 Å². The molecule has 0 aromatic carbocycles. The molecule has 0 saturated heterocycles. The third kappa shape index (κ3) is 9.93. The maximum absolute atomic E-state index is 12.7. The van der Waals surface area contributed by atoms with E-state index in [-0.39, 0.29) is 0 Å². The maximum Gasteiger partial charge on any atom is 0.344 e. The van der Waals surface area contributed by atoms with Gasteiger partial charge in [-0.3, -0.25) is 4.57 Å². The lowest BCUT2D eigenvalue weighted by Gasteiger charge is -2.24. The minimum atomic E-state index is -3.03. The molecule has 0 bridgehead atoms. The zero-order valence-electron chi connectivity index (χ0n) is 14.1. The predicted molar refractivity (Wildman–Crippen MR) is 86.2 cm³/mol. The lowest BCUT2D eigenvalue weighted by Crippen LogP contribution is -2.30. The topological polar surface area (TPSA) is 47.6 Å². The van der Waals surface area contributed by atoms with Gasteiger partial charge >= 0.3 is 7.60 Å². The van der Waals surface area contributed by atoms with Crippen LogP contribution in [0, 0.1) is 11.8 Å². The standard InChI is InChI=1S/C15H34NO3P/c1-7-9-15(8-2)16-12-20(17,18-10-13(3)4)19-11-14(5)6/h13-16H,7-12H2,1-6H3. The Morgan fingerprint density at radius 1 is 1.00 bits per heavy atom. The minimum Gasteiger partial charge on any atom is -0.307 e. The molecule has 0 aliphatic carbocycles. The average Bonchev–Trinajstić information content (AvgIpc) is 2.39. The van der Waals surface area contributed by atoms with Crippen LogP contribution >= 0.6 is 7.60 Å². The Labute approximate surface area is 125 Å². The largest absolute Gasteiger partial charge is 0.344 e. The van der Waals surface area contributed by atoms with Crippen LogP contribution in [0.4, 0.5) is 0 Å². The van der Waals surface area contributed by atoms with Crippen LogP contribution in [0.3, 0.4) is 0 Å². The highest BCUT2D eigenvalue weighted by Gasteiger charge is 2.26. The molecule has 1 N–H and O–H groups in total. The zero-order chi connectivity index (χ0) is 15.6. The lowest BCUT2D eigenvalue weighted by atomic mass is 10.1. The Morgan fingerprint density at radius 3 is 1.85 bits per heavy atom. The molecule has 5 heteroatoms. The number of nitrogens with one attached hydrogen (secondary N) is 1. The molecule has 4 nitrogen and oxygen atoms in total. The molecule has 0 saturated carbocycles. The summed E-state index contributed by atoms with van der Waals surface area (Å²) in [6.07, 6.45) is 3.55. The molecule has 0 fully saturated rings. The van der Waals surface area contributed by atoms with Gasteiger partial charge < -0.3 is 14.4 Å². The number of hydrogen-bond acceptors (Lipinski definition) is 4. The van der Waals surface area contributed by atoms with Crippen molar-refractivity contribution in [2.24, 2.45) is 11.8 Å². The first-order valence-corrected chi connectivity index (χ1v) is 9.67. The molecule has 0 aliphatic heterocycles. The minimum absolute atomic E-state index is 0.310. The Bertz CT molecular complexity index is 266. The highest BCUT2D eigenvalue weighted by molar-refractivity contribution is 7.53. The van der Waals surface area contributed by atoms with Crippen molar-refractivity contribution in [3.8, 4) is 0 Å². The van der Waals surface area contributed by atoms with E-state index >= 15 is 0 Å². The Balaban J connectivity index is 4.45. The molecule has 0 aromatic rings. The molecule has 0 radical (unpaired) electrons. The molecule has 1 atom stereocenters. The van der Waals surface area contributed by atoms with Crippen molar-refractivity contribution in [1.82, 2.24) is 5.32 Å². The third-order valence-electron chi connectivity index (χ3n) is 2.91. The summed E-state index contributed by atoms with van der Waals surface area (Å²) in [5.74, 6) is 0.701. The van der Waals surface area contributed by atoms with E-state index in [2.05, 4.69) is 19.2 Å². The van der Waals surface area contributed by atoms with Gasteiger partial charge in [-0.1, -0.05) is 48.0 Å². The highest BCUT2D eigenvalue weighted by Crippen LogP contribution is 2.47. The second-order valence-electron chi connectivity index (χ2n) is 6.25. The molecular weight excluding hydrogens is 273 g/mol.